The monoisotopic (exact) mass is 460 g/mol. The second-order valence-corrected chi connectivity index (χ2v) is 10.2. The molecule has 30 heavy (non-hydrogen) atoms. The van der Waals surface area contributed by atoms with Crippen LogP contribution in [0.2, 0.25) is 0 Å². The number of hydrogen-bond donors (Lipinski definition) is 0. The first kappa shape index (κ1) is 20.4. The third kappa shape index (κ3) is 3.93. The highest BCUT2D eigenvalue weighted by Crippen LogP contribution is 2.24. The average molecular weight is 461 g/mol. The Bertz CT molecular complexity index is 1390. The van der Waals surface area contributed by atoms with Gasteiger partial charge in [-0.15, -0.1) is 23.0 Å². The number of benzene rings is 1. The van der Waals surface area contributed by atoms with Gasteiger partial charge in [0.2, 0.25) is 0 Å². The number of sulfone groups is 1. The van der Waals surface area contributed by atoms with E-state index < -0.39 is 9.84 Å². The molecule has 0 saturated heterocycles. The minimum absolute atomic E-state index is 0.111. The number of nitrogens with zero attached hydrogens (tertiary/aromatic N) is 6. The van der Waals surface area contributed by atoms with Gasteiger partial charge >= 0.3 is 0 Å². The van der Waals surface area contributed by atoms with Crippen LogP contribution < -0.4 is 5.56 Å². The zero-order valence-electron chi connectivity index (χ0n) is 15.8. The molecule has 3 heterocycles. The number of aromatic nitrogens is 6. The van der Waals surface area contributed by atoms with Crippen molar-refractivity contribution in [3.8, 4) is 5.69 Å². The van der Waals surface area contributed by atoms with Crippen LogP contribution in [0.5, 0.6) is 0 Å². The maximum Gasteiger partial charge on any atom is 0.263 e. The van der Waals surface area contributed by atoms with Crippen LogP contribution in [0.3, 0.4) is 0 Å². The van der Waals surface area contributed by atoms with Gasteiger partial charge in [0.25, 0.3) is 5.56 Å². The number of allylic oxidation sites excluding steroid dienone is 1. The molecule has 0 amide bonds. The minimum atomic E-state index is -3.29. The van der Waals surface area contributed by atoms with E-state index in [0.717, 1.165) is 6.26 Å². The van der Waals surface area contributed by atoms with Crippen molar-refractivity contribution < 1.29 is 8.42 Å². The van der Waals surface area contributed by atoms with E-state index in [1.54, 1.807) is 28.8 Å². The topological polar surface area (TPSA) is 113 Å². The van der Waals surface area contributed by atoms with Crippen molar-refractivity contribution in [2.75, 3.05) is 6.26 Å². The molecule has 3 aromatic heterocycles. The van der Waals surface area contributed by atoms with E-state index in [1.807, 2.05) is 5.38 Å². The largest absolute Gasteiger partial charge is 0.283 e. The first-order chi connectivity index (χ1) is 14.4. The van der Waals surface area contributed by atoms with Crippen LogP contribution in [0.4, 0.5) is 0 Å². The Balaban J connectivity index is 1.63. The van der Waals surface area contributed by atoms with Crippen molar-refractivity contribution in [2.24, 2.45) is 0 Å². The lowest BCUT2D eigenvalue weighted by atomic mass is 10.3. The van der Waals surface area contributed by atoms with Crippen LogP contribution in [-0.4, -0.2) is 44.4 Å². The van der Waals surface area contributed by atoms with Gasteiger partial charge in [-0.3, -0.25) is 9.36 Å². The van der Waals surface area contributed by atoms with Gasteiger partial charge in [-0.05, 0) is 46.1 Å². The van der Waals surface area contributed by atoms with Crippen molar-refractivity contribution in [1.29, 1.82) is 0 Å². The molecular weight excluding hydrogens is 444 g/mol. The number of fused-ring (bicyclic) bond motifs is 1. The molecule has 0 unspecified atom stereocenters. The molecule has 9 nitrogen and oxygen atoms in total. The van der Waals surface area contributed by atoms with E-state index in [0.29, 0.717) is 39.2 Å². The first-order valence-corrected chi connectivity index (χ1v) is 12.4. The molecule has 0 spiro atoms. The molecule has 0 aliphatic carbocycles. The Morgan fingerprint density at radius 1 is 1.23 bits per heavy atom. The Hall–Kier alpha value is -2.83. The second kappa shape index (κ2) is 8.13. The molecule has 4 rings (SSSR count). The van der Waals surface area contributed by atoms with Crippen LogP contribution in [-0.2, 0) is 22.1 Å². The fourth-order valence-corrected chi connectivity index (χ4v) is 5.14. The molecule has 0 fully saturated rings. The third-order valence-corrected chi connectivity index (χ3v) is 7.14. The lowest BCUT2D eigenvalue weighted by Crippen LogP contribution is -2.22. The van der Waals surface area contributed by atoms with Gasteiger partial charge in [-0.1, -0.05) is 17.8 Å². The third-order valence-electron chi connectivity index (χ3n) is 4.23. The summed E-state index contributed by atoms with van der Waals surface area (Å²) in [6.45, 7) is 4.07. The van der Waals surface area contributed by atoms with E-state index >= 15 is 0 Å². The summed E-state index contributed by atoms with van der Waals surface area (Å²) in [4.78, 5) is 18.2. The molecule has 0 atom stereocenters. The molecular formula is C18H16N6O3S3. The van der Waals surface area contributed by atoms with Gasteiger partial charge in [0.05, 0.1) is 21.7 Å². The second-order valence-electron chi connectivity index (χ2n) is 6.30. The molecule has 154 valence electrons. The van der Waals surface area contributed by atoms with Gasteiger partial charge in [0.15, 0.2) is 20.8 Å². The summed E-state index contributed by atoms with van der Waals surface area (Å²) < 4.78 is 26.4. The number of rotatable bonds is 7. The van der Waals surface area contributed by atoms with Crippen molar-refractivity contribution in [2.45, 2.75) is 22.3 Å². The summed E-state index contributed by atoms with van der Waals surface area (Å²) in [7, 11) is -3.29. The molecule has 0 bridgehead atoms. The van der Waals surface area contributed by atoms with Gasteiger partial charge < -0.3 is 0 Å². The number of thioether (sulfide) groups is 1. The van der Waals surface area contributed by atoms with Crippen LogP contribution in [0, 0.1) is 0 Å². The lowest BCUT2D eigenvalue weighted by Gasteiger charge is -2.10. The smallest absolute Gasteiger partial charge is 0.263 e. The predicted octanol–water partition coefficient (Wildman–Crippen LogP) is 2.32. The molecule has 1 aromatic carbocycles. The van der Waals surface area contributed by atoms with E-state index in [4.69, 9.17) is 0 Å². The van der Waals surface area contributed by atoms with Gasteiger partial charge in [-0.25, -0.2) is 13.4 Å². The van der Waals surface area contributed by atoms with Crippen LogP contribution in [0.25, 0.3) is 15.9 Å². The number of thiophene rings is 1. The SMILES string of the molecule is C=CCn1c(SCc2nnnn2-c2ccc(S(C)(=O)=O)cc2)nc2sccc2c1=O. The van der Waals surface area contributed by atoms with E-state index in [-0.39, 0.29) is 10.5 Å². The number of hydrogen-bond acceptors (Lipinski definition) is 9. The zero-order valence-corrected chi connectivity index (χ0v) is 18.2. The summed E-state index contributed by atoms with van der Waals surface area (Å²) >= 11 is 2.76. The zero-order chi connectivity index (χ0) is 21.3. The Labute approximate surface area is 180 Å². The Kier molecular flexibility index (Phi) is 5.54. The molecule has 0 saturated carbocycles. The quantitative estimate of drug-likeness (QED) is 0.235. The maximum absolute atomic E-state index is 12.7. The van der Waals surface area contributed by atoms with Crippen LogP contribution >= 0.6 is 23.1 Å². The summed E-state index contributed by atoms with van der Waals surface area (Å²) in [6.07, 6.45) is 2.81. The fraction of sp³-hybridized carbons (Fsp3) is 0.167. The summed E-state index contributed by atoms with van der Waals surface area (Å²) in [5.74, 6) is 0.902. The number of tetrazole rings is 1. The molecule has 0 radical (unpaired) electrons. The Morgan fingerprint density at radius 3 is 2.70 bits per heavy atom. The summed E-state index contributed by atoms with van der Waals surface area (Å²) in [6, 6.07) is 8.08. The summed E-state index contributed by atoms with van der Waals surface area (Å²) in [5, 5.41) is 14.8. The van der Waals surface area contributed by atoms with Gasteiger partial charge in [-0.2, -0.15) is 4.68 Å². The van der Waals surface area contributed by atoms with Crippen molar-refractivity contribution >= 4 is 43.2 Å². The minimum Gasteiger partial charge on any atom is -0.283 e. The van der Waals surface area contributed by atoms with E-state index in [9.17, 15) is 13.2 Å². The van der Waals surface area contributed by atoms with Crippen molar-refractivity contribution in [3.05, 3.63) is 64.5 Å². The lowest BCUT2D eigenvalue weighted by molar-refractivity contribution is 0.602. The Morgan fingerprint density at radius 2 is 2.00 bits per heavy atom. The van der Waals surface area contributed by atoms with E-state index in [1.165, 1.54) is 39.9 Å². The van der Waals surface area contributed by atoms with Crippen LogP contribution in [0.15, 0.2) is 63.2 Å². The highest BCUT2D eigenvalue weighted by atomic mass is 32.2. The summed E-state index contributed by atoms with van der Waals surface area (Å²) in [5.41, 5.74) is 0.521. The molecule has 0 N–H and O–H groups in total. The first-order valence-electron chi connectivity index (χ1n) is 8.68. The molecule has 0 aliphatic rings. The highest BCUT2D eigenvalue weighted by Gasteiger charge is 2.15. The van der Waals surface area contributed by atoms with Gasteiger partial charge in [0.1, 0.15) is 4.83 Å². The average Bonchev–Trinajstić information content (AvgIpc) is 3.37. The van der Waals surface area contributed by atoms with Crippen molar-refractivity contribution in [1.82, 2.24) is 29.8 Å². The fourth-order valence-electron chi connectivity index (χ4n) is 2.79. The maximum atomic E-state index is 12.7. The van der Waals surface area contributed by atoms with Crippen LogP contribution in [0.1, 0.15) is 5.82 Å². The molecule has 0 aliphatic heterocycles. The highest BCUT2D eigenvalue weighted by molar-refractivity contribution is 7.98. The van der Waals surface area contributed by atoms with Gasteiger partial charge in [0, 0.05) is 12.8 Å². The molecule has 12 heteroatoms. The standard InChI is InChI=1S/C18H16N6O3S3/c1-3-9-23-17(25)14-8-10-28-16(14)19-18(23)29-11-15-20-21-22-24(15)12-4-6-13(7-5-12)30(2,26)27/h3-8,10H,1,9,11H2,2H3. The normalized spacial score (nSPS) is 11.8. The predicted molar refractivity (Wildman–Crippen MR) is 116 cm³/mol. The van der Waals surface area contributed by atoms with E-state index in [2.05, 4.69) is 27.1 Å². The molecule has 4 aromatic rings. The van der Waals surface area contributed by atoms with Crippen molar-refractivity contribution in [3.63, 3.8) is 0 Å².